The molecule has 0 N–H and O–H groups in total. The molecule has 1 aromatic heterocycles. The second kappa shape index (κ2) is 8.10. The number of rotatable bonds is 6. The number of carbonyl (C=O) groups excluding carboxylic acids is 2. The molecule has 0 aliphatic rings. The first-order chi connectivity index (χ1) is 12.5. The summed E-state index contributed by atoms with van der Waals surface area (Å²) in [5.41, 5.74) is 0.640. The molecule has 0 spiro atoms. The average molecular weight is 415 g/mol. The summed E-state index contributed by atoms with van der Waals surface area (Å²) in [6.45, 7) is 0.0671. The van der Waals surface area contributed by atoms with Crippen LogP contribution in [0.2, 0.25) is 0 Å². The molecule has 0 atom stereocenters. The molecule has 0 fully saturated rings. The van der Waals surface area contributed by atoms with Crippen LogP contribution in [0, 0.1) is 0 Å². The van der Waals surface area contributed by atoms with Crippen LogP contribution < -0.4 is 5.43 Å². The van der Waals surface area contributed by atoms with Crippen molar-refractivity contribution in [2.45, 2.75) is 12.8 Å². The van der Waals surface area contributed by atoms with E-state index in [4.69, 9.17) is 9.15 Å². The normalized spacial score (nSPS) is 10.7. The van der Waals surface area contributed by atoms with Crippen molar-refractivity contribution in [1.82, 2.24) is 0 Å². The minimum absolute atomic E-state index is 0.0224. The molecular formula is C20H15BrO5. The van der Waals surface area contributed by atoms with Crippen molar-refractivity contribution >= 4 is 38.7 Å². The minimum Gasteiger partial charge on any atom is -0.460 e. The van der Waals surface area contributed by atoms with Crippen LogP contribution in [0.5, 0.6) is 0 Å². The number of halogens is 1. The van der Waals surface area contributed by atoms with E-state index in [9.17, 15) is 14.4 Å². The number of Topliss-reactive ketones (excluding diaryl/α,β-unsaturated/α-hetero) is 1. The Balaban J connectivity index is 1.55. The van der Waals surface area contributed by atoms with Gasteiger partial charge in [-0.1, -0.05) is 40.2 Å². The van der Waals surface area contributed by atoms with Crippen LogP contribution in [-0.2, 0) is 4.74 Å². The predicted octanol–water partition coefficient (Wildman–Crippen LogP) is 4.38. The Morgan fingerprint density at radius 2 is 1.77 bits per heavy atom. The molecule has 0 amide bonds. The molecule has 0 saturated carbocycles. The molecule has 3 aromatic rings. The van der Waals surface area contributed by atoms with Crippen molar-refractivity contribution in [3.05, 3.63) is 80.6 Å². The zero-order chi connectivity index (χ0) is 18.5. The lowest BCUT2D eigenvalue weighted by molar-refractivity contribution is 0.0459. The molecular weight excluding hydrogens is 400 g/mol. The average Bonchev–Trinajstić information content (AvgIpc) is 2.65. The first-order valence-electron chi connectivity index (χ1n) is 8.03. The maximum Gasteiger partial charge on any atom is 0.374 e. The fourth-order valence-corrected chi connectivity index (χ4v) is 2.72. The van der Waals surface area contributed by atoms with Gasteiger partial charge in [0, 0.05) is 22.5 Å². The molecule has 2 aromatic carbocycles. The Morgan fingerprint density at radius 3 is 2.54 bits per heavy atom. The van der Waals surface area contributed by atoms with Crippen LogP contribution in [0.4, 0.5) is 0 Å². The number of ether oxygens (including phenoxy) is 1. The fraction of sp³-hybridized carbons (Fsp3) is 0.150. The van der Waals surface area contributed by atoms with E-state index in [0.717, 1.165) is 10.5 Å². The summed E-state index contributed by atoms with van der Waals surface area (Å²) in [6.07, 6.45) is 0.648. The van der Waals surface area contributed by atoms with Gasteiger partial charge < -0.3 is 9.15 Å². The van der Waals surface area contributed by atoms with E-state index in [1.54, 1.807) is 48.5 Å². The molecule has 0 aliphatic heterocycles. The van der Waals surface area contributed by atoms with Gasteiger partial charge in [-0.2, -0.15) is 0 Å². The standard InChI is InChI=1S/C20H15BrO5/c21-14-9-7-13(8-10-14)16(22)5-3-11-25-20(24)19-12-17(23)15-4-1-2-6-18(15)26-19/h1-2,4,6-10,12H,3,5,11H2. The summed E-state index contributed by atoms with van der Waals surface area (Å²) in [7, 11) is 0. The van der Waals surface area contributed by atoms with Crippen molar-refractivity contribution in [2.75, 3.05) is 6.61 Å². The Kier molecular flexibility index (Phi) is 5.63. The lowest BCUT2D eigenvalue weighted by Gasteiger charge is -2.05. The zero-order valence-corrected chi connectivity index (χ0v) is 15.3. The molecule has 0 aliphatic carbocycles. The van der Waals surface area contributed by atoms with Gasteiger partial charge in [0.2, 0.25) is 5.76 Å². The Labute approximate surface area is 157 Å². The van der Waals surface area contributed by atoms with Gasteiger partial charge in [-0.05, 0) is 30.7 Å². The highest BCUT2D eigenvalue weighted by molar-refractivity contribution is 9.10. The summed E-state index contributed by atoms with van der Waals surface area (Å²) in [4.78, 5) is 36.1. The van der Waals surface area contributed by atoms with Crippen molar-refractivity contribution in [3.63, 3.8) is 0 Å². The lowest BCUT2D eigenvalue weighted by Crippen LogP contribution is -2.11. The van der Waals surface area contributed by atoms with Crippen molar-refractivity contribution in [1.29, 1.82) is 0 Å². The van der Waals surface area contributed by atoms with Crippen LogP contribution in [0.25, 0.3) is 11.0 Å². The molecule has 0 radical (unpaired) electrons. The summed E-state index contributed by atoms with van der Waals surface area (Å²) in [5.74, 6) is -0.886. The van der Waals surface area contributed by atoms with Gasteiger partial charge in [0.15, 0.2) is 11.2 Å². The number of ketones is 1. The zero-order valence-electron chi connectivity index (χ0n) is 13.7. The van der Waals surface area contributed by atoms with Crippen LogP contribution in [0.3, 0.4) is 0 Å². The monoisotopic (exact) mass is 414 g/mol. The summed E-state index contributed by atoms with van der Waals surface area (Å²) in [5, 5.41) is 0.407. The van der Waals surface area contributed by atoms with Gasteiger partial charge in [-0.3, -0.25) is 9.59 Å². The second-order valence-electron chi connectivity index (χ2n) is 5.64. The van der Waals surface area contributed by atoms with Gasteiger partial charge in [0.1, 0.15) is 5.58 Å². The van der Waals surface area contributed by atoms with Crippen molar-refractivity contribution in [3.8, 4) is 0 Å². The molecule has 26 heavy (non-hydrogen) atoms. The van der Waals surface area contributed by atoms with Crippen LogP contribution in [0.15, 0.2) is 68.3 Å². The molecule has 0 bridgehead atoms. The smallest absolute Gasteiger partial charge is 0.374 e. The predicted molar refractivity (Wildman–Crippen MR) is 100 cm³/mol. The molecule has 3 rings (SSSR count). The third-order valence-corrected chi connectivity index (χ3v) is 4.31. The number of benzene rings is 2. The molecule has 6 heteroatoms. The number of fused-ring (bicyclic) bond motifs is 1. The van der Waals surface area contributed by atoms with Crippen LogP contribution in [-0.4, -0.2) is 18.4 Å². The van der Waals surface area contributed by atoms with Crippen LogP contribution >= 0.6 is 15.9 Å². The largest absolute Gasteiger partial charge is 0.460 e. The van der Waals surface area contributed by atoms with E-state index < -0.39 is 5.97 Å². The van der Waals surface area contributed by atoms with E-state index in [2.05, 4.69) is 15.9 Å². The maximum atomic E-state index is 12.0. The highest BCUT2D eigenvalue weighted by atomic mass is 79.9. The molecule has 1 heterocycles. The third-order valence-electron chi connectivity index (χ3n) is 3.78. The first kappa shape index (κ1) is 18.1. The number of esters is 1. The summed E-state index contributed by atoms with van der Waals surface area (Å²) < 4.78 is 11.4. The number of hydrogen-bond donors (Lipinski definition) is 0. The minimum atomic E-state index is -0.719. The van der Waals surface area contributed by atoms with E-state index in [1.165, 1.54) is 0 Å². The van der Waals surface area contributed by atoms with E-state index >= 15 is 0 Å². The Bertz CT molecular complexity index is 1000. The molecule has 5 nitrogen and oxygen atoms in total. The maximum absolute atomic E-state index is 12.0. The first-order valence-corrected chi connectivity index (χ1v) is 8.83. The van der Waals surface area contributed by atoms with Gasteiger partial charge >= 0.3 is 5.97 Å². The number of hydrogen-bond acceptors (Lipinski definition) is 5. The van der Waals surface area contributed by atoms with Gasteiger partial charge in [0.25, 0.3) is 0 Å². The number of para-hydroxylation sites is 1. The fourth-order valence-electron chi connectivity index (χ4n) is 2.45. The van der Waals surface area contributed by atoms with Gasteiger partial charge in [0.05, 0.1) is 12.0 Å². The third kappa shape index (κ3) is 4.26. The van der Waals surface area contributed by atoms with E-state index in [1.807, 2.05) is 0 Å². The molecule has 0 unspecified atom stereocenters. The summed E-state index contributed by atoms with van der Waals surface area (Å²) >= 11 is 3.32. The highest BCUT2D eigenvalue weighted by Gasteiger charge is 2.14. The van der Waals surface area contributed by atoms with Crippen molar-refractivity contribution < 1.29 is 18.7 Å². The quantitative estimate of drug-likeness (QED) is 0.340. The topological polar surface area (TPSA) is 73.6 Å². The Hall–Kier alpha value is -2.73. The van der Waals surface area contributed by atoms with Crippen LogP contribution in [0.1, 0.15) is 33.8 Å². The highest BCUT2D eigenvalue weighted by Crippen LogP contribution is 2.14. The second-order valence-corrected chi connectivity index (χ2v) is 6.56. The molecule has 0 saturated heterocycles. The van der Waals surface area contributed by atoms with Gasteiger partial charge in [-0.25, -0.2) is 4.79 Å². The van der Waals surface area contributed by atoms with E-state index in [0.29, 0.717) is 23.0 Å². The number of carbonyl (C=O) groups is 2. The SMILES string of the molecule is O=C(CCCOC(=O)c1cc(=O)c2ccccc2o1)c1ccc(Br)cc1. The summed E-state index contributed by atoms with van der Waals surface area (Å²) in [6, 6.07) is 14.9. The lowest BCUT2D eigenvalue weighted by atomic mass is 10.1. The van der Waals surface area contributed by atoms with E-state index in [-0.39, 0.29) is 30.0 Å². The Morgan fingerprint density at radius 1 is 1.04 bits per heavy atom. The van der Waals surface area contributed by atoms with Crippen molar-refractivity contribution in [2.24, 2.45) is 0 Å². The molecule has 132 valence electrons. The van der Waals surface area contributed by atoms with Gasteiger partial charge in [-0.15, -0.1) is 0 Å².